The average molecular weight is 272 g/mol. The number of carbonyl (C=O) groups excluding carboxylic acids is 1. The van der Waals surface area contributed by atoms with Crippen molar-refractivity contribution >= 4 is 22.6 Å². The van der Waals surface area contributed by atoms with E-state index in [0.717, 1.165) is 0 Å². The van der Waals surface area contributed by atoms with Gasteiger partial charge in [-0.05, 0) is 19.9 Å². The fourth-order valence-electron chi connectivity index (χ4n) is 2.04. The van der Waals surface area contributed by atoms with Crippen molar-refractivity contribution in [2.45, 2.75) is 19.9 Å². The molecule has 0 saturated heterocycles. The number of rotatable bonds is 2. The van der Waals surface area contributed by atoms with Gasteiger partial charge in [0, 0.05) is 23.0 Å². The van der Waals surface area contributed by atoms with Crippen LogP contribution in [0.4, 0.5) is 0 Å². The first-order valence-corrected chi connectivity index (χ1v) is 6.19. The molecule has 0 radical (unpaired) electrons. The van der Waals surface area contributed by atoms with E-state index in [1.165, 1.54) is 10.8 Å². The summed E-state index contributed by atoms with van der Waals surface area (Å²) in [4.78, 5) is 28.0. The lowest BCUT2D eigenvalue weighted by Crippen LogP contribution is -2.26. The van der Waals surface area contributed by atoms with E-state index in [4.69, 9.17) is 11.5 Å². The number of hydrogen-bond acceptors (Lipinski definition) is 2. The lowest BCUT2D eigenvalue weighted by Gasteiger charge is -2.13. The Hall–Kier alpha value is -2.63. The van der Waals surface area contributed by atoms with E-state index in [1.807, 2.05) is 13.8 Å². The molecule has 2 rings (SSSR count). The molecule has 1 aromatic heterocycles. The smallest absolute Gasteiger partial charge is 0.282 e. The van der Waals surface area contributed by atoms with E-state index in [0.29, 0.717) is 16.3 Å². The number of aromatic nitrogens is 1. The van der Waals surface area contributed by atoms with Crippen molar-refractivity contribution in [1.82, 2.24) is 4.57 Å². The summed E-state index contributed by atoms with van der Waals surface area (Å²) >= 11 is 0. The van der Waals surface area contributed by atoms with Crippen molar-refractivity contribution in [3.63, 3.8) is 0 Å². The molecule has 2 aromatic rings. The third kappa shape index (κ3) is 2.40. The van der Waals surface area contributed by atoms with E-state index in [9.17, 15) is 9.59 Å². The third-order valence-electron chi connectivity index (χ3n) is 2.97. The number of aliphatic imine (C=N–C) groups is 1. The Morgan fingerprint density at radius 2 is 1.80 bits per heavy atom. The molecule has 0 atom stereocenters. The predicted molar refractivity (Wildman–Crippen MR) is 78.7 cm³/mol. The molecule has 6 heteroatoms. The molecule has 0 saturated carbocycles. The number of hydrogen-bond donors (Lipinski definition) is 2. The second-order valence-electron chi connectivity index (χ2n) is 4.74. The fourth-order valence-corrected chi connectivity index (χ4v) is 2.04. The summed E-state index contributed by atoms with van der Waals surface area (Å²) < 4.78 is 1.50. The zero-order valence-electron chi connectivity index (χ0n) is 11.3. The van der Waals surface area contributed by atoms with Crippen molar-refractivity contribution in [2.75, 3.05) is 0 Å². The van der Waals surface area contributed by atoms with Crippen molar-refractivity contribution in [1.29, 1.82) is 0 Å². The Labute approximate surface area is 115 Å². The molecule has 104 valence electrons. The van der Waals surface area contributed by atoms with Gasteiger partial charge in [-0.1, -0.05) is 18.2 Å². The van der Waals surface area contributed by atoms with Crippen LogP contribution >= 0.6 is 0 Å². The van der Waals surface area contributed by atoms with Crippen LogP contribution in [0.25, 0.3) is 10.8 Å². The number of nitrogens with two attached hydrogens (primary N) is 2. The number of pyridine rings is 1. The van der Waals surface area contributed by atoms with Crippen molar-refractivity contribution in [3.8, 4) is 0 Å². The van der Waals surface area contributed by atoms with Crippen LogP contribution in [0.1, 0.15) is 30.2 Å². The first kappa shape index (κ1) is 13.8. The quantitative estimate of drug-likeness (QED) is 0.628. The van der Waals surface area contributed by atoms with Gasteiger partial charge in [-0.15, -0.1) is 0 Å². The molecule has 20 heavy (non-hydrogen) atoms. The number of benzene rings is 1. The molecule has 0 spiro atoms. The molecule has 0 unspecified atom stereocenters. The van der Waals surface area contributed by atoms with Gasteiger partial charge in [-0.25, -0.2) is 0 Å². The highest BCUT2D eigenvalue weighted by Crippen LogP contribution is 2.18. The molecule has 6 nitrogen and oxygen atoms in total. The first-order valence-electron chi connectivity index (χ1n) is 6.19. The molecule has 0 aliphatic rings. The minimum absolute atomic E-state index is 0.0714. The molecular formula is C14H16N4O2. The Morgan fingerprint density at radius 1 is 1.20 bits per heavy atom. The lowest BCUT2D eigenvalue weighted by atomic mass is 10.1. The van der Waals surface area contributed by atoms with Gasteiger partial charge < -0.3 is 16.0 Å². The molecule has 1 heterocycles. The van der Waals surface area contributed by atoms with E-state index in [1.54, 1.807) is 24.3 Å². The molecular weight excluding hydrogens is 256 g/mol. The summed E-state index contributed by atoms with van der Waals surface area (Å²) in [5, 5.41) is 1.02. The summed E-state index contributed by atoms with van der Waals surface area (Å²) in [5.41, 5.74) is 10.6. The first-order chi connectivity index (χ1) is 9.41. The van der Waals surface area contributed by atoms with Crippen molar-refractivity contribution in [2.24, 2.45) is 16.5 Å². The van der Waals surface area contributed by atoms with E-state index < -0.39 is 5.91 Å². The Kier molecular flexibility index (Phi) is 3.56. The zero-order valence-corrected chi connectivity index (χ0v) is 11.3. The van der Waals surface area contributed by atoms with Crippen LogP contribution in [-0.4, -0.2) is 16.4 Å². The van der Waals surface area contributed by atoms with Gasteiger partial charge in [0.25, 0.3) is 11.5 Å². The van der Waals surface area contributed by atoms with Crippen LogP contribution in [-0.2, 0) is 0 Å². The lowest BCUT2D eigenvalue weighted by molar-refractivity contribution is 0.100. The number of guanidine groups is 1. The van der Waals surface area contributed by atoms with Gasteiger partial charge in [0.1, 0.15) is 0 Å². The van der Waals surface area contributed by atoms with E-state index in [2.05, 4.69) is 4.99 Å². The second kappa shape index (κ2) is 5.16. The summed E-state index contributed by atoms with van der Waals surface area (Å²) in [6.07, 6.45) is 1.50. The molecule has 1 aromatic carbocycles. The molecule has 4 N–H and O–H groups in total. The number of carbonyl (C=O) groups is 1. The van der Waals surface area contributed by atoms with Crippen LogP contribution in [0, 0.1) is 0 Å². The van der Waals surface area contributed by atoms with Crippen molar-refractivity contribution < 1.29 is 4.79 Å². The van der Waals surface area contributed by atoms with Crippen LogP contribution in [0.15, 0.2) is 40.2 Å². The van der Waals surface area contributed by atoms with Gasteiger partial charge >= 0.3 is 0 Å². The van der Waals surface area contributed by atoms with Crippen LogP contribution in [0.5, 0.6) is 0 Å². The fraction of sp³-hybridized carbons (Fsp3) is 0.214. The minimum atomic E-state index is -0.560. The van der Waals surface area contributed by atoms with Gasteiger partial charge in [0.05, 0.1) is 5.56 Å². The monoisotopic (exact) mass is 272 g/mol. The average Bonchev–Trinajstić information content (AvgIpc) is 2.38. The zero-order chi connectivity index (χ0) is 14.9. The highest BCUT2D eigenvalue weighted by molar-refractivity contribution is 6.10. The van der Waals surface area contributed by atoms with Gasteiger partial charge in [-0.2, -0.15) is 4.99 Å². The molecule has 0 aliphatic carbocycles. The Balaban J connectivity index is 2.83. The number of fused-ring (bicyclic) bond motifs is 1. The summed E-state index contributed by atoms with van der Waals surface area (Å²) in [6, 6.07) is 6.83. The van der Waals surface area contributed by atoms with E-state index >= 15 is 0 Å². The maximum absolute atomic E-state index is 12.3. The summed E-state index contributed by atoms with van der Waals surface area (Å²) in [6.45, 7) is 3.73. The number of amides is 1. The SMILES string of the molecule is CC(C)n1cc(C(=O)N=C(N)N)c2ccccc2c1=O. The van der Waals surface area contributed by atoms with Crippen molar-refractivity contribution in [3.05, 3.63) is 46.4 Å². The topological polar surface area (TPSA) is 103 Å². The Bertz CT molecular complexity index is 755. The van der Waals surface area contributed by atoms with Gasteiger partial charge in [0.15, 0.2) is 5.96 Å². The minimum Gasteiger partial charge on any atom is -0.370 e. The molecule has 0 fully saturated rings. The van der Waals surface area contributed by atoms with E-state index in [-0.39, 0.29) is 17.6 Å². The van der Waals surface area contributed by atoms with Gasteiger partial charge in [-0.3, -0.25) is 9.59 Å². The third-order valence-corrected chi connectivity index (χ3v) is 2.97. The normalized spacial score (nSPS) is 10.8. The predicted octanol–water partition coefficient (Wildman–Crippen LogP) is 0.996. The standard InChI is InChI=1S/C14H16N4O2/c1-8(2)18-7-11(12(19)17-14(15)16)9-5-3-4-6-10(9)13(18)20/h3-8H,1-2H3,(H4,15,16,17,19). The highest BCUT2D eigenvalue weighted by Gasteiger charge is 2.15. The molecule has 1 amide bonds. The summed E-state index contributed by atoms with van der Waals surface area (Å²) in [7, 11) is 0. The Morgan fingerprint density at radius 3 is 2.35 bits per heavy atom. The number of nitrogens with zero attached hydrogens (tertiary/aromatic N) is 2. The maximum atomic E-state index is 12.3. The summed E-state index contributed by atoms with van der Waals surface area (Å²) in [5.74, 6) is -0.864. The second-order valence-corrected chi connectivity index (χ2v) is 4.74. The maximum Gasteiger partial charge on any atom is 0.282 e. The molecule has 0 bridgehead atoms. The highest BCUT2D eigenvalue weighted by atomic mass is 16.1. The van der Waals surface area contributed by atoms with Crippen LogP contribution in [0.3, 0.4) is 0 Å². The largest absolute Gasteiger partial charge is 0.370 e. The van der Waals surface area contributed by atoms with Crippen LogP contribution < -0.4 is 17.0 Å². The van der Waals surface area contributed by atoms with Gasteiger partial charge in [0.2, 0.25) is 0 Å². The molecule has 0 aliphatic heterocycles. The van der Waals surface area contributed by atoms with Crippen LogP contribution in [0.2, 0.25) is 0 Å².